The van der Waals surface area contributed by atoms with Gasteiger partial charge in [0.15, 0.2) is 5.16 Å². The number of thioether (sulfide) groups is 1. The maximum absolute atomic E-state index is 13.1. The van der Waals surface area contributed by atoms with Gasteiger partial charge in [0.05, 0.1) is 15.8 Å². The number of aryl methyl sites for hydroxylation is 2. The number of carbonyl (C=O) groups excluding carboxylic acids is 1. The number of fused-ring (bicyclic) bond motifs is 1. The van der Waals surface area contributed by atoms with Crippen molar-refractivity contribution >= 4 is 33.4 Å². The van der Waals surface area contributed by atoms with E-state index in [1.807, 2.05) is 32.0 Å². The number of rotatable bonds is 7. The number of carbonyl (C=O) groups is 1. The van der Waals surface area contributed by atoms with Crippen molar-refractivity contribution in [3.8, 4) is 5.69 Å². The van der Waals surface area contributed by atoms with Gasteiger partial charge >= 0.3 is 0 Å². The highest BCUT2D eigenvalue weighted by atomic mass is 32.2. The standard InChI is InChI=1S/C25H30N4O3S2/c1-17-14-15-20(34(31,32)28(3)4)16-22(17)26-24(30)18(2)33-25-27-21-12-8-9-13-23(21)29(25)19-10-6-5-7-11-19/h5-7,10-11,14-16,18H,8-9,12-13H2,1-4H3,(H,26,30). The van der Waals surface area contributed by atoms with E-state index in [0.717, 1.165) is 52.1 Å². The highest BCUT2D eigenvalue weighted by molar-refractivity contribution is 8.00. The van der Waals surface area contributed by atoms with Gasteiger partial charge in [0, 0.05) is 31.2 Å². The average Bonchev–Trinajstić information content (AvgIpc) is 3.18. The Morgan fingerprint density at radius 1 is 1.12 bits per heavy atom. The quantitative estimate of drug-likeness (QED) is 0.487. The molecule has 1 unspecified atom stereocenters. The molecule has 0 bridgehead atoms. The molecule has 1 atom stereocenters. The Balaban J connectivity index is 1.58. The second-order valence-electron chi connectivity index (χ2n) is 8.68. The van der Waals surface area contributed by atoms with Crippen LogP contribution in [0.25, 0.3) is 5.69 Å². The third-order valence-electron chi connectivity index (χ3n) is 6.01. The first kappa shape index (κ1) is 24.5. The van der Waals surface area contributed by atoms with Gasteiger partial charge in [-0.1, -0.05) is 36.0 Å². The highest BCUT2D eigenvalue weighted by Gasteiger charge is 2.25. The minimum atomic E-state index is -3.60. The second kappa shape index (κ2) is 9.93. The van der Waals surface area contributed by atoms with E-state index in [4.69, 9.17) is 4.98 Å². The number of hydrogen-bond donors (Lipinski definition) is 1. The van der Waals surface area contributed by atoms with E-state index < -0.39 is 15.3 Å². The maximum Gasteiger partial charge on any atom is 0.242 e. The van der Waals surface area contributed by atoms with Crippen LogP contribution in [0.3, 0.4) is 0 Å². The van der Waals surface area contributed by atoms with E-state index in [9.17, 15) is 13.2 Å². The van der Waals surface area contributed by atoms with E-state index in [-0.39, 0.29) is 10.8 Å². The summed E-state index contributed by atoms with van der Waals surface area (Å²) in [5.74, 6) is -0.201. The fraction of sp³-hybridized carbons (Fsp3) is 0.360. The molecule has 4 rings (SSSR count). The van der Waals surface area contributed by atoms with Crippen LogP contribution in [0, 0.1) is 6.92 Å². The average molecular weight is 499 g/mol. The summed E-state index contributed by atoms with van der Waals surface area (Å²) in [6.07, 6.45) is 4.20. The zero-order valence-electron chi connectivity index (χ0n) is 19.9. The third kappa shape index (κ3) is 4.92. The fourth-order valence-corrected chi connectivity index (χ4v) is 5.89. The number of para-hydroxylation sites is 1. The molecule has 1 N–H and O–H groups in total. The van der Waals surface area contributed by atoms with Crippen LogP contribution in [0.1, 0.15) is 36.7 Å². The van der Waals surface area contributed by atoms with Crippen molar-refractivity contribution in [2.75, 3.05) is 19.4 Å². The van der Waals surface area contributed by atoms with E-state index in [0.29, 0.717) is 5.69 Å². The SMILES string of the molecule is Cc1ccc(S(=O)(=O)N(C)C)cc1NC(=O)C(C)Sc1nc2c(n1-c1ccccc1)CCCC2. The first-order chi connectivity index (χ1) is 16.2. The van der Waals surface area contributed by atoms with Gasteiger partial charge in [-0.15, -0.1) is 0 Å². The number of nitrogens with one attached hydrogen (secondary N) is 1. The van der Waals surface area contributed by atoms with E-state index in [2.05, 4.69) is 22.0 Å². The zero-order valence-corrected chi connectivity index (χ0v) is 21.5. The summed E-state index contributed by atoms with van der Waals surface area (Å²) in [6.45, 7) is 3.69. The lowest BCUT2D eigenvalue weighted by Crippen LogP contribution is -2.25. The van der Waals surface area contributed by atoms with Crippen molar-refractivity contribution in [2.24, 2.45) is 0 Å². The van der Waals surface area contributed by atoms with Gasteiger partial charge in [0.25, 0.3) is 0 Å². The molecule has 0 fully saturated rings. The van der Waals surface area contributed by atoms with Crippen LogP contribution in [-0.4, -0.2) is 47.5 Å². The van der Waals surface area contributed by atoms with Crippen molar-refractivity contribution in [1.82, 2.24) is 13.9 Å². The summed E-state index contributed by atoms with van der Waals surface area (Å²) in [6, 6.07) is 14.9. The van der Waals surface area contributed by atoms with Gasteiger partial charge in [-0.3, -0.25) is 9.36 Å². The molecular weight excluding hydrogens is 468 g/mol. The predicted molar refractivity (Wildman–Crippen MR) is 136 cm³/mol. The lowest BCUT2D eigenvalue weighted by atomic mass is 10.0. The molecule has 1 aliphatic rings. The van der Waals surface area contributed by atoms with E-state index in [1.54, 1.807) is 12.1 Å². The second-order valence-corrected chi connectivity index (χ2v) is 12.1. The zero-order chi connectivity index (χ0) is 24.5. The molecule has 0 radical (unpaired) electrons. The summed E-state index contributed by atoms with van der Waals surface area (Å²) < 4.78 is 28.4. The smallest absolute Gasteiger partial charge is 0.242 e. The minimum Gasteiger partial charge on any atom is -0.325 e. The van der Waals surface area contributed by atoms with Gasteiger partial charge in [0.2, 0.25) is 15.9 Å². The summed E-state index contributed by atoms with van der Waals surface area (Å²) in [7, 11) is -0.622. The topological polar surface area (TPSA) is 84.3 Å². The Labute approximate surface area is 205 Å². The Morgan fingerprint density at radius 2 is 1.82 bits per heavy atom. The molecule has 0 saturated heterocycles. The molecule has 7 nitrogen and oxygen atoms in total. The summed E-state index contributed by atoms with van der Waals surface area (Å²) in [5.41, 5.74) is 4.67. The van der Waals surface area contributed by atoms with Gasteiger partial charge in [-0.2, -0.15) is 0 Å². The molecule has 1 amide bonds. The predicted octanol–water partition coefficient (Wildman–Crippen LogP) is 4.43. The molecule has 180 valence electrons. The molecule has 0 spiro atoms. The molecule has 0 saturated carbocycles. The molecule has 34 heavy (non-hydrogen) atoms. The number of imidazole rings is 1. The molecule has 0 aliphatic heterocycles. The molecule has 1 aromatic heterocycles. The Morgan fingerprint density at radius 3 is 2.53 bits per heavy atom. The van der Waals surface area contributed by atoms with Crippen LogP contribution in [0.4, 0.5) is 5.69 Å². The number of sulfonamides is 1. The van der Waals surface area contributed by atoms with Crippen LogP contribution in [0.5, 0.6) is 0 Å². The molecule has 1 heterocycles. The van der Waals surface area contributed by atoms with Crippen LogP contribution >= 0.6 is 11.8 Å². The van der Waals surface area contributed by atoms with Gasteiger partial charge in [0.1, 0.15) is 0 Å². The van der Waals surface area contributed by atoms with Crippen molar-refractivity contribution < 1.29 is 13.2 Å². The van der Waals surface area contributed by atoms with Crippen molar-refractivity contribution in [3.05, 3.63) is 65.5 Å². The lowest BCUT2D eigenvalue weighted by molar-refractivity contribution is -0.115. The van der Waals surface area contributed by atoms with Crippen LogP contribution < -0.4 is 5.32 Å². The molecule has 2 aromatic carbocycles. The van der Waals surface area contributed by atoms with Gasteiger partial charge in [-0.25, -0.2) is 17.7 Å². The van der Waals surface area contributed by atoms with E-state index >= 15 is 0 Å². The largest absolute Gasteiger partial charge is 0.325 e. The van der Waals surface area contributed by atoms with Gasteiger partial charge in [-0.05, 0) is 69.4 Å². The van der Waals surface area contributed by atoms with Crippen molar-refractivity contribution in [3.63, 3.8) is 0 Å². The number of anilines is 1. The Bertz CT molecular complexity index is 1300. The van der Waals surface area contributed by atoms with Gasteiger partial charge < -0.3 is 5.32 Å². The molecule has 3 aromatic rings. The first-order valence-corrected chi connectivity index (χ1v) is 13.7. The van der Waals surface area contributed by atoms with Crippen LogP contribution in [-0.2, 0) is 27.7 Å². The summed E-state index contributed by atoms with van der Waals surface area (Å²) >= 11 is 1.42. The monoisotopic (exact) mass is 498 g/mol. The molecule has 9 heteroatoms. The van der Waals surface area contributed by atoms with Crippen LogP contribution in [0.2, 0.25) is 0 Å². The van der Waals surface area contributed by atoms with Crippen molar-refractivity contribution in [2.45, 2.75) is 54.8 Å². The maximum atomic E-state index is 13.1. The molecular formula is C25H30N4O3S2. The molecule has 1 aliphatic carbocycles. The van der Waals surface area contributed by atoms with Crippen LogP contribution in [0.15, 0.2) is 58.6 Å². The third-order valence-corrected chi connectivity index (χ3v) is 8.88. The number of aromatic nitrogens is 2. The Hall–Kier alpha value is -2.62. The normalized spacial score (nSPS) is 14.6. The van der Waals surface area contributed by atoms with E-state index in [1.165, 1.54) is 37.6 Å². The summed E-state index contributed by atoms with van der Waals surface area (Å²) in [4.78, 5) is 18.2. The fourth-order valence-electron chi connectivity index (χ4n) is 3.99. The number of hydrogen-bond acceptors (Lipinski definition) is 5. The number of amides is 1. The number of benzene rings is 2. The minimum absolute atomic E-state index is 0.144. The number of nitrogens with zero attached hydrogens (tertiary/aromatic N) is 3. The first-order valence-electron chi connectivity index (χ1n) is 11.3. The highest BCUT2D eigenvalue weighted by Crippen LogP contribution is 2.33. The summed E-state index contributed by atoms with van der Waals surface area (Å²) in [5, 5.41) is 3.30. The van der Waals surface area contributed by atoms with Crippen molar-refractivity contribution in [1.29, 1.82) is 0 Å². The lowest BCUT2D eigenvalue weighted by Gasteiger charge is -2.17. The Kier molecular flexibility index (Phi) is 7.16.